The predicted molar refractivity (Wildman–Crippen MR) is 72.9 cm³/mol. The summed E-state index contributed by atoms with van der Waals surface area (Å²) in [5.74, 6) is 0.584. The van der Waals surface area contributed by atoms with E-state index < -0.39 is 0 Å². The van der Waals surface area contributed by atoms with Crippen LogP contribution in [0.4, 0.5) is 0 Å². The standard InChI is InChI=1S/C16H18O2/c1-16(2,13-5-9-15(18)10-6-13)11-12-3-7-14(17)8-4-12/h3-10,17-18H,11H2,1-2H3. The molecule has 0 atom stereocenters. The average Bonchev–Trinajstić information content (AvgIpc) is 2.32. The van der Waals surface area contributed by atoms with Gasteiger partial charge in [0.15, 0.2) is 0 Å². The monoisotopic (exact) mass is 242 g/mol. The molecule has 0 radical (unpaired) electrons. The van der Waals surface area contributed by atoms with Crippen LogP contribution in [0.2, 0.25) is 0 Å². The second kappa shape index (κ2) is 4.73. The quantitative estimate of drug-likeness (QED) is 0.863. The van der Waals surface area contributed by atoms with E-state index in [1.54, 1.807) is 24.3 Å². The summed E-state index contributed by atoms with van der Waals surface area (Å²) in [6, 6.07) is 14.6. The van der Waals surface area contributed by atoms with E-state index in [2.05, 4.69) is 13.8 Å². The molecular formula is C16H18O2. The molecule has 0 aliphatic carbocycles. The van der Waals surface area contributed by atoms with Gasteiger partial charge in [0.25, 0.3) is 0 Å². The lowest BCUT2D eigenvalue weighted by Gasteiger charge is -2.25. The van der Waals surface area contributed by atoms with Gasteiger partial charge in [-0.05, 0) is 47.2 Å². The van der Waals surface area contributed by atoms with Crippen LogP contribution in [0.15, 0.2) is 48.5 Å². The minimum Gasteiger partial charge on any atom is -0.508 e. The van der Waals surface area contributed by atoms with Crippen LogP contribution in [-0.2, 0) is 11.8 Å². The predicted octanol–water partition coefficient (Wildman–Crippen LogP) is 3.62. The highest BCUT2D eigenvalue weighted by molar-refractivity contribution is 5.34. The molecule has 18 heavy (non-hydrogen) atoms. The molecule has 94 valence electrons. The third-order valence-electron chi connectivity index (χ3n) is 3.23. The minimum atomic E-state index is -0.00925. The molecule has 2 heteroatoms. The topological polar surface area (TPSA) is 40.5 Å². The number of phenols is 2. The molecule has 2 aromatic carbocycles. The molecule has 2 rings (SSSR count). The average molecular weight is 242 g/mol. The zero-order chi connectivity index (χ0) is 13.2. The molecule has 0 aliphatic heterocycles. The van der Waals surface area contributed by atoms with Crippen molar-refractivity contribution in [3.63, 3.8) is 0 Å². The molecular weight excluding hydrogens is 224 g/mol. The van der Waals surface area contributed by atoms with E-state index in [0.717, 1.165) is 6.42 Å². The van der Waals surface area contributed by atoms with Gasteiger partial charge in [0.2, 0.25) is 0 Å². The van der Waals surface area contributed by atoms with Crippen LogP contribution >= 0.6 is 0 Å². The van der Waals surface area contributed by atoms with E-state index >= 15 is 0 Å². The van der Waals surface area contributed by atoms with Crippen molar-refractivity contribution in [2.24, 2.45) is 0 Å². The summed E-state index contributed by atoms with van der Waals surface area (Å²) in [4.78, 5) is 0. The van der Waals surface area contributed by atoms with Gasteiger partial charge >= 0.3 is 0 Å². The van der Waals surface area contributed by atoms with Gasteiger partial charge in [-0.25, -0.2) is 0 Å². The molecule has 0 amide bonds. The van der Waals surface area contributed by atoms with Crippen molar-refractivity contribution in [2.75, 3.05) is 0 Å². The van der Waals surface area contributed by atoms with Crippen LogP contribution < -0.4 is 0 Å². The highest BCUT2D eigenvalue weighted by Crippen LogP contribution is 2.29. The largest absolute Gasteiger partial charge is 0.508 e. The molecule has 0 bridgehead atoms. The highest BCUT2D eigenvalue weighted by atomic mass is 16.3. The van der Waals surface area contributed by atoms with E-state index in [-0.39, 0.29) is 5.41 Å². The molecule has 0 saturated carbocycles. The highest BCUT2D eigenvalue weighted by Gasteiger charge is 2.20. The van der Waals surface area contributed by atoms with Crippen molar-refractivity contribution >= 4 is 0 Å². The summed E-state index contributed by atoms with van der Waals surface area (Å²) in [5.41, 5.74) is 2.37. The number of benzene rings is 2. The van der Waals surface area contributed by atoms with Crippen molar-refractivity contribution in [3.05, 3.63) is 59.7 Å². The first-order valence-corrected chi connectivity index (χ1v) is 6.05. The van der Waals surface area contributed by atoms with Gasteiger partial charge < -0.3 is 10.2 Å². The van der Waals surface area contributed by atoms with Gasteiger partial charge in [0.1, 0.15) is 11.5 Å². The lowest BCUT2D eigenvalue weighted by molar-refractivity contribution is 0.471. The smallest absolute Gasteiger partial charge is 0.115 e. The lowest BCUT2D eigenvalue weighted by Crippen LogP contribution is -2.20. The number of hydrogen-bond donors (Lipinski definition) is 2. The second-order valence-corrected chi connectivity index (χ2v) is 5.27. The van der Waals surface area contributed by atoms with E-state index in [1.807, 2.05) is 24.3 Å². The maximum absolute atomic E-state index is 9.31. The summed E-state index contributed by atoms with van der Waals surface area (Å²) in [7, 11) is 0. The molecule has 2 nitrogen and oxygen atoms in total. The maximum Gasteiger partial charge on any atom is 0.115 e. The molecule has 0 fully saturated rings. The van der Waals surface area contributed by atoms with Gasteiger partial charge in [0.05, 0.1) is 0 Å². The summed E-state index contributed by atoms with van der Waals surface area (Å²) in [5, 5.41) is 18.6. The molecule has 0 aliphatic rings. The Hall–Kier alpha value is -1.96. The van der Waals surface area contributed by atoms with Gasteiger partial charge in [-0.1, -0.05) is 38.1 Å². The van der Waals surface area contributed by atoms with E-state index in [0.29, 0.717) is 11.5 Å². The van der Waals surface area contributed by atoms with Crippen molar-refractivity contribution in [3.8, 4) is 11.5 Å². The Labute approximate surface area is 108 Å². The molecule has 2 aromatic rings. The number of phenolic OH excluding ortho intramolecular Hbond substituents is 2. The Kier molecular flexibility index (Phi) is 3.28. The fourth-order valence-electron chi connectivity index (χ4n) is 2.14. The van der Waals surface area contributed by atoms with Gasteiger partial charge in [0, 0.05) is 0 Å². The Morgan fingerprint density at radius 3 is 1.72 bits per heavy atom. The fourth-order valence-corrected chi connectivity index (χ4v) is 2.14. The Morgan fingerprint density at radius 1 is 0.778 bits per heavy atom. The first-order chi connectivity index (χ1) is 8.47. The van der Waals surface area contributed by atoms with E-state index in [1.165, 1.54) is 11.1 Å². The van der Waals surface area contributed by atoms with Gasteiger partial charge in [-0.2, -0.15) is 0 Å². The maximum atomic E-state index is 9.31. The Balaban J connectivity index is 2.20. The van der Waals surface area contributed by atoms with E-state index in [9.17, 15) is 10.2 Å². The minimum absolute atomic E-state index is 0.00925. The van der Waals surface area contributed by atoms with Crippen molar-refractivity contribution in [1.29, 1.82) is 0 Å². The molecule has 0 spiro atoms. The SMILES string of the molecule is CC(C)(Cc1ccc(O)cc1)c1ccc(O)cc1. The molecule has 0 unspecified atom stereocenters. The third kappa shape index (κ3) is 2.83. The van der Waals surface area contributed by atoms with Gasteiger partial charge in [-0.3, -0.25) is 0 Å². The summed E-state index contributed by atoms with van der Waals surface area (Å²) in [6.07, 6.45) is 0.887. The molecule has 0 aromatic heterocycles. The van der Waals surface area contributed by atoms with E-state index in [4.69, 9.17) is 0 Å². The molecule has 2 N–H and O–H groups in total. The van der Waals surface area contributed by atoms with Crippen molar-refractivity contribution in [2.45, 2.75) is 25.7 Å². The van der Waals surface area contributed by atoms with Crippen LogP contribution in [-0.4, -0.2) is 10.2 Å². The lowest BCUT2D eigenvalue weighted by atomic mass is 9.79. The normalized spacial score (nSPS) is 11.4. The summed E-state index contributed by atoms with van der Waals surface area (Å²) in [6.45, 7) is 4.35. The number of hydrogen-bond acceptors (Lipinski definition) is 2. The van der Waals surface area contributed by atoms with Crippen LogP contribution in [0.25, 0.3) is 0 Å². The zero-order valence-electron chi connectivity index (χ0n) is 10.7. The summed E-state index contributed by atoms with van der Waals surface area (Å²) >= 11 is 0. The van der Waals surface area contributed by atoms with Crippen LogP contribution in [0.3, 0.4) is 0 Å². The van der Waals surface area contributed by atoms with Gasteiger partial charge in [-0.15, -0.1) is 0 Å². The molecule has 0 saturated heterocycles. The van der Waals surface area contributed by atoms with Crippen LogP contribution in [0.5, 0.6) is 11.5 Å². The molecule has 0 heterocycles. The number of rotatable bonds is 3. The van der Waals surface area contributed by atoms with Crippen molar-refractivity contribution < 1.29 is 10.2 Å². The first-order valence-electron chi connectivity index (χ1n) is 6.05. The Morgan fingerprint density at radius 2 is 1.22 bits per heavy atom. The fraction of sp³-hybridized carbons (Fsp3) is 0.250. The van der Waals surface area contributed by atoms with Crippen molar-refractivity contribution in [1.82, 2.24) is 0 Å². The number of aromatic hydroxyl groups is 2. The zero-order valence-corrected chi connectivity index (χ0v) is 10.7. The Bertz CT molecular complexity index is 510. The second-order valence-electron chi connectivity index (χ2n) is 5.27. The third-order valence-corrected chi connectivity index (χ3v) is 3.23. The summed E-state index contributed by atoms with van der Waals surface area (Å²) < 4.78 is 0. The first kappa shape index (κ1) is 12.5. The van der Waals surface area contributed by atoms with Crippen LogP contribution in [0.1, 0.15) is 25.0 Å². The van der Waals surface area contributed by atoms with Crippen LogP contribution in [0, 0.1) is 0 Å².